The van der Waals surface area contributed by atoms with Crippen LogP contribution in [0.5, 0.6) is 0 Å². The van der Waals surface area contributed by atoms with Crippen molar-refractivity contribution in [2.75, 3.05) is 13.6 Å². The molecule has 146 valence electrons. The second kappa shape index (κ2) is 7.85. The second-order valence-electron chi connectivity index (χ2n) is 7.30. The quantitative estimate of drug-likeness (QED) is 0.660. The molecule has 7 heteroatoms. The van der Waals surface area contributed by atoms with Crippen LogP contribution in [0.4, 0.5) is 0 Å². The van der Waals surface area contributed by atoms with E-state index in [4.69, 9.17) is 4.52 Å². The number of fused-ring (bicyclic) bond motifs is 1. The lowest BCUT2D eigenvalue weighted by molar-refractivity contribution is 0.0782. The van der Waals surface area contributed by atoms with Gasteiger partial charge in [-0.15, -0.1) is 11.3 Å². The molecule has 3 aromatic heterocycles. The predicted molar refractivity (Wildman–Crippen MR) is 108 cm³/mol. The Labute approximate surface area is 168 Å². The van der Waals surface area contributed by atoms with Crippen LogP contribution >= 0.6 is 11.3 Å². The number of thiophene rings is 1. The summed E-state index contributed by atoms with van der Waals surface area (Å²) in [6.45, 7) is 7.09. The number of pyridine rings is 1. The van der Waals surface area contributed by atoms with Crippen molar-refractivity contribution in [3.63, 3.8) is 0 Å². The number of rotatable bonds is 5. The van der Waals surface area contributed by atoms with Gasteiger partial charge in [-0.1, -0.05) is 11.2 Å². The molecular weight excluding hydrogens is 372 g/mol. The molecule has 0 unspecified atom stereocenters. The molecule has 0 fully saturated rings. The van der Waals surface area contributed by atoms with Crippen LogP contribution in [-0.2, 0) is 26.1 Å². The number of carbonyl (C=O) groups is 1. The average Bonchev–Trinajstić information content (AvgIpc) is 3.26. The maximum Gasteiger partial charge on any atom is 0.255 e. The van der Waals surface area contributed by atoms with Crippen molar-refractivity contribution >= 4 is 17.2 Å². The minimum absolute atomic E-state index is 0.0716. The van der Waals surface area contributed by atoms with Gasteiger partial charge < -0.3 is 9.42 Å². The smallest absolute Gasteiger partial charge is 0.255 e. The van der Waals surface area contributed by atoms with Crippen LogP contribution in [0.1, 0.15) is 43.5 Å². The molecule has 28 heavy (non-hydrogen) atoms. The van der Waals surface area contributed by atoms with E-state index >= 15 is 0 Å². The van der Waals surface area contributed by atoms with E-state index in [-0.39, 0.29) is 5.91 Å². The highest BCUT2D eigenvalue weighted by Crippen LogP contribution is 2.31. The lowest BCUT2D eigenvalue weighted by Crippen LogP contribution is -2.32. The third-order valence-corrected chi connectivity index (χ3v) is 6.30. The zero-order chi connectivity index (χ0) is 19.7. The third-order valence-electron chi connectivity index (χ3n) is 5.29. The van der Waals surface area contributed by atoms with E-state index < -0.39 is 0 Å². The van der Waals surface area contributed by atoms with Crippen LogP contribution in [0.2, 0.25) is 0 Å². The molecule has 0 spiro atoms. The van der Waals surface area contributed by atoms with E-state index in [0.29, 0.717) is 6.54 Å². The van der Waals surface area contributed by atoms with E-state index in [2.05, 4.69) is 15.0 Å². The highest BCUT2D eigenvalue weighted by molar-refractivity contribution is 7.10. The van der Waals surface area contributed by atoms with E-state index in [1.54, 1.807) is 22.4 Å². The van der Waals surface area contributed by atoms with Gasteiger partial charge in [-0.25, -0.2) is 0 Å². The molecule has 0 aliphatic carbocycles. The molecular formula is C21H24N4O2S. The van der Waals surface area contributed by atoms with Crippen LogP contribution < -0.4 is 0 Å². The normalized spacial score (nSPS) is 14.1. The number of carbonyl (C=O) groups excluding carboxylic acids is 1. The fourth-order valence-electron chi connectivity index (χ4n) is 3.66. The molecule has 0 atom stereocenters. The van der Waals surface area contributed by atoms with Crippen LogP contribution in [0, 0.1) is 13.8 Å². The summed E-state index contributed by atoms with van der Waals surface area (Å²) < 4.78 is 5.29. The summed E-state index contributed by atoms with van der Waals surface area (Å²) in [6.07, 6.45) is 2.65. The first-order valence-electron chi connectivity index (χ1n) is 9.41. The van der Waals surface area contributed by atoms with Crippen molar-refractivity contribution in [3.05, 3.63) is 68.5 Å². The van der Waals surface area contributed by atoms with Gasteiger partial charge in [-0.2, -0.15) is 0 Å². The number of amides is 1. The number of nitrogens with zero attached hydrogens (tertiary/aromatic N) is 4. The minimum Gasteiger partial charge on any atom is -0.361 e. The Hall–Kier alpha value is -2.51. The molecule has 3 aromatic rings. The monoisotopic (exact) mass is 396 g/mol. The van der Waals surface area contributed by atoms with Gasteiger partial charge in [0, 0.05) is 48.7 Å². The van der Waals surface area contributed by atoms with Crippen molar-refractivity contribution in [2.24, 2.45) is 0 Å². The Morgan fingerprint density at radius 3 is 2.93 bits per heavy atom. The van der Waals surface area contributed by atoms with Crippen LogP contribution in [-0.4, -0.2) is 39.4 Å². The molecule has 1 aliphatic rings. The first-order valence-corrected chi connectivity index (χ1v) is 10.3. The molecule has 6 nitrogen and oxygen atoms in total. The molecule has 0 N–H and O–H groups in total. The van der Waals surface area contributed by atoms with E-state index in [1.807, 2.05) is 44.5 Å². The fraction of sp³-hybridized carbons (Fsp3) is 0.381. The van der Waals surface area contributed by atoms with Gasteiger partial charge in [0.25, 0.3) is 5.91 Å². The van der Waals surface area contributed by atoms with Gasteiger partial charge in [0.15, 0.2) is 0 Å². The summed E-state index contributed by atoms with van der Waals surface area (Å²) in [5, 5.41) is 6.07. The molecule has 0 aromatic carbocycles. The zero-order valence-corrected chi connectivity index (χ0v) is 17.3. The summed E-state index contributed by atoms with van der Waals surface area (Å²) in [5.74, 6) is 0.962. The Morgan fingerprint density at radius 2 is 2.21 bits per heavy atom. The number of aryl methyl sites for hydroxylation is 2. The average molecular weight is 397 g/mol. The summed E-state index contributed by atoms with van der Waals surface area (Å²) in [7, 11) is 1.84. The van der Waals surface area contributed by atoms with Gasteiger partial charge in [0.1, 0.15) is 5.76 Å². The maximum atomic E-state index is 13.0. The van der Waals surface area contributed by atoms with Crippen molar-refractivity contribution in [3.8, 4) is 0 Å². The number of hydrogen-bond acceptors (Lipinski definition) is 6. The molecule has 0 saturated carbocycles. The van der Waals surface area contributed by atoms with Gasteiger partial charge in [0.2, 0.25) is 0 Å². The number of aromatic nitrogens is 2. The van der Waals surface area contributed by atoms with Gasteiger partial charge in [-0.3, -0.25) is 14.7 Å². The van der Waals surface area contributed by atoms with Crippen LogP contribution in [0.25, 0.3) is 0 Å². The largest absolute Gasteiger partial charge is 0.361 e. The number of hydrogen-bond donors (Lipinski definition) is 0. The summed E-state index contributed by atoms with van der Waals surface area (Å²) in [4.78, 5) is 22.7. The van der Waals surface area contributed by atoms with Crippen LogP contribution in [0.15, 0.2) is 34.3 Å². The van der Waals surface area contributed by atoms with E-state index in [1.165, 1.54) is 16.0 Å². The third kappa shape index (κ3) is 3.72. The van der Waals surface area contributed by atoms with E-state index in [9.17, 15) is 4.79 Å². The minimum atomic E-state index is 0.0716. The lowest BCUT2D eigenvalue weighted by Gasteiger charge is -2.27. The Morgan fingerprint density at radius 1 is 1.36 bits per heavy atom. The van der Waals surface area contributed by atoms with Gasteiger partial charge in [-0.05, 0) is 38.0 Å². The summed E-state index contributed by atoms with van der Waals surface area (Å²) >= 11 is 1.68. The topological polar surface area (TPSA) is 62.5 Å². The molecule has 1 aliphatic heterocycles. The SMILES string of the molecule is Cc1noc(C)c1CN1CCc2c(C(=O)N(C)Cc3ccccn3)csc2C1. The Bertz CT molecular complexity index is 960. The van der Waals surface area contributed by atoms with Gasteiger partial charge >= 0.3 is 0 Å². The maximum absolute atomic E-state index is 13.0. The Balaban J connectivity index is 1.45. The first kappa shape index (κ1) is 18.8. The van der Waals surface area contributed by atoms with Crippen LogP contribution in [0.3, 0.4) is 0 Å². The molecule has 4 rings (SSSR count). The zero-order valence-electron chi connectivity index (χ0n) is 16.4. The predicted octanol–water partition coefficient (Wildman–Crippen LogP) is 3.58. The molecule has 0 radical (unpaired) electrons. The van der Waals surface area contributed by atoms with Crippen molar-refractivity contribution < 1.29 is 9.32 Å². The lowest BCUT2D eigenvalue weighted by atomic mass is 10.0. The molecule has 4 heterocycles. The summed E-state index contributed by atoms with van der Waals surface area (Å²) in [6, 6.07) is 5.77. The van der Waals surface area contributed by atoms with Crippen molar-refractivity contribution in [1.29, 1.82) is 0 Å². The van der Waals surface area contributed by atoms with Crippen molar-refractivity contribution in [1.82, 2.24) is 19.9 Å². The molecule has 0 bridgehead atoms. The highest BCUT2D eigenvalue weighted by Gasteiger charge is 2.26. The standard InChI is InChI=1S/C21H24N4O2S/c1-14-18(15(2)27-23-14)11-25-9-7-17-19(13-28-20(17)12-25)21(26)24(3)10-16-6-4-5-8-22-16/h4-6,8,13H,7,9-12H2,1-3H3. The highest BCUT2D eigenvalue weighted by atomic mass is 32.1. The fourth-order valence-corrected chi connectivity index (χ4v) is 4.77. The second-order valence-corrected chi connectivity index (χ2v) is 8.26. The molecule has 1 amide bonds. The first-order chi connectivity index (χ1) is 13.5. The van der Waals surface area contributed by atoms with Gasteiger partial charge in [0.05, 0.1) is 23.5 Å². The van der Waals surface area contributed by atoms with E-state index in [0.717, 1.165) is 48.8 Å². The summed E-state index contributed by atoms with van der Waals surface area (Å²) in [5.41, 5.74) is 5.08. The molecule has 0 saturated heterocycles. The Kier molecular flexibility index (Phi) is 5.28. The van der Waals surface area contributed by atoms with Crippen molar-refractivity contribution in [2.45, 2.75) is 39.9 Å².